The molecular formula is C14H12BrClFN. The van der Waals surface area contributed by atoms with E-state index in [1.165, 1.54) is 6.07 Å². The maximum atomic E-state index is 13.7. The molecule has 1 unspecified atom stereocenters. The lowest BCUT2D eigenvalue weighted by Gasteiger charge is -2.11. The fraction of sp³-hybridized carbons (Fsp3) is 0.214. The van der Waals surface area contributed by atoms with Gasteiger partial charge in [-0.05, 0) is 30.7 Å². The Morgan fingerprint density at radius 1 is 1.33 bits per heavy atom. The number of pyridine rings is 1. The Morgan fingerprint density at radius 3 is 2.72 bits per heavy atom. The van der Waals surface area contributed by atoms with Crippen LogP contribution in [0, 0.1) is 12.7 Å². The van der Waals surface area contributed by atoms with Crippen molar-refractivity contribution in [3.8, 4) is 0 Å². The highest BCUT2D eigenvalue weighted by atomic mass is 79.9. The van der Waals surface area contributed by atoms with Crippen molar-refractivity contribution >= 4 is 27.5 Å². The van der Waals surface area contributed by atoms with Crippen molar-refractivity contribution < 1.29 is 4.39 Å². The van der Waals surface area contributed by atoms with Crippen molar-refractivity contribution in [1.29, 1.82) is 0 Å². The van der Waals surface area contributed by atoms with E-state index in [4.69, 9.17) is 11.6 Å². The van der Waals surface area contributed by atoms with E-state index in [0.29, 0.717) is 17.0 Å². The van der Waals surface area contributed by atoms with E-state index >= 15 is 0 Å². The molecule has 0 fully saturated rings. The van der Waals surface area contributed by atoms with Gasteiger partial charge < -0.3 is 0 Å². The number of nitrogens with zero attached hydrogens (tertiary/aromatic N) is 1. The van der Waals surface area contributed by atoms with Crippen LogP contribution in [-0.2, 0) is 6.42 Å². The van der Waals surface area contributed by atoms with Gasteiger partial charge >= 0.3 is 0 Å². The lowest BCUT2D eigenvalue weighted by atomic mass is 10.1. The Balaban J connectivity index is 2.16. The van der Waals surface area contributed by atoms with Gasteiger partial charge in [-0.3, -0.25) is 4.98 Å². The van der Waals surface area contributed by atoms with Crippen LogP contribution in [0.25, 0.3) is 0 Å². The quantitative estimate of drug-likeness (QED) is 0.733. The summed E-state index contributed by atoms with van der Waals surface area (Å²) in [5.74, 6) is -0.295. The lowest BCUT2D eigenvalue weighted by molar-refractivity contribution is 0.607. The minimum Gasteiger partial charge on any atom is -0.261 e. The smallest absolute Gasteiger partial charge is 0.129 e. The third kappa shape index (κ3) is 3.30. The van der Waals surface area contributed by atoms with Crippen LogP contribution in [0.3, 0.4) is 0 Å². The van der Waals surface area contributed by atoms with Crippen LogP contribution in [0.2, 0.25) is 5.02 Å². The zero-order valence-electron chi connectivity index (χ0n) is 9.83. The zero-order valence-corrected chi connectivity index (χ0v) is 12.2. The van der Waals surface area contributed by atoms with Gasteiger partial charge in [0.05, 0.1) is 0 Å². The molecule has 0 radical (unpaired) electrons. The van der Waals surface area contributed by atoms with Gasteiger partial charge in [0.2, 0.25) is 0 Å². The fourth-order valence-electron chi connectivity index (χ4n) is 1.67. The van der Waals surface area contributed by atoms with Crippen LogP contribution in [-0.4, -0.2) is 4.98 Å². The third-order valence-corrected chi connectivity index (χ3v) is 3.71. The van der Waals surface area contributed by atoms with Crippen molar-refractivity contribution in [2.75, 3.05) is 0 Å². The van der Waals surface area contributed by atoms with Crippen LogP contribution in [0.5, 0.6) is 0 Å². The predicted molar refractivity (Wildman–Crippen MR) is 75.8 cm³/mol. The molecular weight excluding hydrogens is 317 g/mol. The molecule has 0 spiro atoms. The molecule has 4 heteroatoms. The second-order valence-electron chi connectivity index (χ2n) is 4.16. The van der Waals surface area contributed by atoms with E-state index in [2.05, 4.69) is 20.9 Å². The van der Waals surface area contributed by atoms with Gasteiger partial charge in [-0.15, -0.1) is 0 Å². The maximum Gasteiger partial charge on any atom is 0.129 e. The normalized spacial score (nSPS) is 12.4. The van der Waals surface area contributed by atoms with Crippen LogP contribution >= 0.6 is 27.5 Å². The second kappa shape index (κ2) is 5.81. The maximum absolute atomic E-state index is 13.7. The number of benzene rings is 1. The molecule has 1 heterocycles. The first kappa shape index (κ1) is 13.5. The first-order valence-corrected chi connectivity index (χ1v) is 6.86. The molecule has 0 saturated heterocycles. The lowest BCUT2D eigenvalue weighted by Crippen LogP contribution is -2.00. The van der Waals surface area contributed by atoms with Crippen LogP contribution in [0.1, 0.15) is 21.6 Å². The molecule has 18 heavy (non-hydrogen) atoms. The molecule has 0 saturated carbocycles. The molecule has 0 amide bonds. The number of alkyl halides is 1. The number of aryl methyl sites for hydroxylation is 1. The number of halogens is 3. The first-order valence-electron chi connectivity index (χ1n) is 5.57. The van der Waals surface area contributed by atoms with Crippen LogP contribution in [0.4, 0.5) is 4.39 Å². The van der Waals surface area contributed by atoms with E-state index in [1.54, 1.807) is 12.1 Å². The van der Waals surface area contributed by atoms with E-state index < -0.39 is 0 Å². The van der Waals surface area contributed by atoms with Crippen molar-refractivity contribution in [2.24, 2.45) is 0 Å². The summed E-state index contributed by atoms with van der Waals surface area (Å²) >= 11 is 9.23. The summed E-state index contributed by atoms with van der Waals surface area (Å²) in [4.78, 5) is 4.21. The summed E-state index contributed by atoms with van der Waals surface area (Å²) in [6.07, 6.45) is 2.45. The summed E-state index contributed by atoms with van der Waals surface area (Å²) in [5.41, 5.74) is 2.64. The molecule has 0 bridgehead atoms. The highest BCUT2D eigenvalue weighted by Gasteiger charge is 2.14. The summed E-state index contributed by atoms with van der Waals surface area (Å²) in [5, 5.41) is 0.407. The molecule has 0 aliphatic carbocycles. The average Bonchev–Trinajstić information content (AvgIpc) is 2.32. The van der Waals surface area contributed by atoms with Crippen molar-refractivity contribution in [2.45, 2.75) is 18.2 Å². The molecule has 0 aliphatic rings. The van der Waals surface area contributed by atoms with Gasteiger partial charge in [-0.1, -0.05) is 39.7 Å². The standard InChI is InChI=1S/C14H12BrClFN/c1-9-2-4-11(18-8-9)7-13(15)12-5-3-10(16)6-14(12)17/h2-6,8,13H,7H2,1H3. The van der Waals surface area contributed by atoms with Crippen molar-refractivity contribution in [1.82, 2.24) is 4.98 Å². The highest BCUT2D eigenvalue weighted by molar-refractivity contribution is 9.09. The molecule has 0 N–H and O–H groups in total. The molecule has 1 aromatic heterocycles. The molecule has 1 aromatic carbocycles. The summed E-state index contributed by atoms with van der Waals surface area (Å²) < 4.78 is 13.7. The van der Waals surface area contributed by atoms with Gasteiger partial charge in [0.15, 0.2) is 0 Å². The van der Waals surface area contributed by atoms with Crippen LogP contribution in [0.15, 0.2) is 36.5 Å². The van der Waals surface area contributed by atoms with Gasteiger partial charge in [0.1, 0.15) is 5.82 Å². The highest BCUT2D eigenvalue weighted by Crippen LogP contribution is 2.29. The van der Waals surface area contributed by atoms with E-state index in [9.17, 15) is 4.39 Å². The Morgan fingerprint density at radius 2 is 2.11 bits per heavy atom. The summed E-state index contributed by atoms with van der Waals surface area (Å²) in [6, 6.07) is 8.67. The van der Waals surface area contributed by atoms with E-state index in [-0.39, 0.29) is 10.6 Å². The van der Waals surface area contributed by atoms with Crippen molar-refractivity contribution in [3.63, 3.8) is 0 Å². The summed E-state index contributed by atoms with van der Waals surface area (Å²) in [7, 11) is 0. The Kier molecular flexibility index (Phi) is 4.36. The SMILES string of the molecule is Cc1ccc(CC(Br)c2ccc(Cl)cc2F)nc1. The molecule has 1 atom stereocenters. The van der Waals surface area contributed by atoms with Gasteiger partial charge in [0, 0.05) is 33.7 Å². The molecule has 2 rings (SSSR count). The number of hydrogen-bond donors (Lipinski definition) is 0. The Hall–Kier alpha value is -0.930. The van der Waals surface area contributed by atoms with E-state index in [0.717, 1.165) is 11.3 Å². The number of aromatic nitrogens is 1. The minimum absolute atomic E-state index is 0.107. The first-order chi connectivity index (χ1) is 8.56. The second-order valence-corrected chi connectivity index (χ2v) is 5.71. The van der Waals surface area contributed by atoms with E-state index in [1.807, 2.05) is 25.3 Å². The monoisotopic (exact) mass is 327 g/mol. The Bertz CT molecular complexity index is 542. The molecule has 2 aromatic rings. The van der Waals surface area contributed by atoms with Crippen molar-refractivity contribution in [3.05, 3.63) is 64.2 Å². The Labute approximate surface area is 119 Å². The summed E-state index contributed by atoms with van der Waals surface area (Å²) in [6.45, 7) is 1.99. The molecule has 0 aliphatic heterocycles. The van der Waals surface area contributed by atoms with Crippen LogP contribution < -0.4 is 0 Å². The van der Waals surface area contributed by atoms with Gasteiger partial charge in [0.25, 0.3) is 0 Å². The predicted octanol–water partition coefficient (Wildman–Crippen LogP) is 4.86. The average molecular weight is 329 g/mol. The fourth-order valence-corrected chi connectivity index (χ4v) is 2.53. The minimum atomic E-state index is -0.295. The third-order valence-electron chi connectivity index (χ3n) is 2.66. The topological polar surface area (TPSA) is 12.9 Å². The largest absolute Gasteiger partial charge is 0.261 e. The molecule has 94 valence electrons. The molecule has 1 nitrogen and oxygen atoms in total. The number of rotatable bonds is 3. The van der Waals surface area contributed by atoms with Gasteiger partial charge in [-0.25, -0.2) is 4.39 Å². The zero-order chi connectivity index (χ0) is 13.1. The number of hydrogen-bond acceptors (Lipinski definition) is 1. The van der Waals surface area contributed by atoms with Gasteiger partial charge in [-0.2, -0.15) is 0 Å².